The van der Waals surface area contributed by atoms with Crippen LogP contribution in [0.2, 0.25) is 5.02 Å². The molecule has 1 amide bonds. The molecule has 0 spiro atoms. The van der Waals surface area contributed by atoms with E-state index in [0.29, 0.717) is 36.6 Å². The van der Waals surface area contributed by atoms with Crippen LogP contribution < -0.4 is 9.21 Å². The smallest absolute Gasteiger partial charge is 0.264 e. The number of hydrogen-bond acceptors (Lipinski definition) is 3. The van der Waals surface area contributed by atoms with Gasteiger partial charge >= 0.3 is 0 Å². The number of rotatable bonds is 2. The second-order valence-corrected chi connectivity index (χ2v) is 8.55. The Bertz CT molecular complexity index is 988. The molecule has 2 aromatic rings. The third-order valence-corrected chi connectivity index (χ3v) is 7.01. The van der Waals surface area contributed by atoms with E-state index in [-0.39, 0.29) is 10.8 Å². The summed E-state index contributed by atoms with van der Waals surface area (Å²) in [6, 6.07) is 10.3. The Kier molecular flexibility index (Phi) is 3.77. The molecule has 4 rings (SSSR count). The highest BCUT2D eigenvalue weighted by Gasteiger charge is 2.33. The summed E-state index contributed by atoms with van der Waals surface area (Å²) in [5, 5.41) is 0.598. The topological polar surface area (TPSA) is 57.7 Å². The van der Waals surface area contributed by atoms with Gasteiger partial charge in [-0.2, -0.15) is 0 Å². The van der Waals surface area contributed by atoms with Gasteiger partial charge < -0.3 is 4.90 Å². The van der Waals surface area contributed by atoms with Gasteiger partial charge in [-0.1, -0.05) is 17.7 Å². The molecule has 0 atom stereocenters. The van der Waals surface area contributed by atoms with Crippen molar-refractivity contribution < 1.29 is 13.2 Å². The van der Waals surface area contributed by atoms with Crippen LogP contribution in [0, 0.1) is 0 Å². The standard InChI is InChI=1S/C18H17ClN2O3S/c1-12(22)20-9-7-13-11-14(5-6-17(13)20)25(23,24)21-10-8-15-16(19)3-2-4-18(15)21/h2-6,11H,7-10H2,1H3. The molecule has 2 heterocycles. The van der Waals surface area contributed by atoms with Gasteiger partial charge in [0, 0.05) is 30.7 Å². The molecule has 0 radical (unpaired) electrons. The van der Waals surface area contributed by atoms with E-state index >= 15 is 0 Å². The third-order valence-electron chi connectivity index (χ3n) is 4.84. The van der Waals surface area contributed by atoms with Crippen LogP contribution >= 0.6 is 11.6 Å². The first-order valence-corrected chi connectivity index (χ1v) is 9.92. The lowest BCUT2D eigenvalue weighted by Crippen LogP contribution is -2.29. The number of anilines is 2. The summed E-state index contributed by atoms with van der Waals surface area (Å²) < 4.78 is 27.7. The molecule has 2 aliphatic heterocycles. The summed E-state index contributed by atoms with van der Waals surface area (Å²) in [5.41, 5.74) is 3.22. The summed E-state index contributed by atoms with van der Waals surface area (Å²) in [6.07, 6.45) is 1.28. The molecular weight excluding hydrogens is 360 g/mol. The second kappa shape index (κ2) is 5.75. The minimum atomic E-state index is -3.66. The molecule has 0 N–H and O–H groups in total. The second-order valence-electron chi connectivity index (χ2n) is 6.28. The predicted molar refractivity (Wildman–Crippen MR) is 97.9 cm³/mol. The lowest BCUT2D eigenvalue weighted by Gasteiger charge is -2.20. The molecular formula is C18H17ClN2O3S. The molecule has 0 fully saturated rings. The van der Waals surface area contributed by atoms with E-state index < -0.39 is 10.0 Å². The van der Waals surface area contributed by atoms with Crippen LogP contribution in [0.5, 0.6) is 0 Å². The van der Waals surface area contributed by atoms with Crippen molar-refractivity contribution in [2.75, 3.05) is 22.3 Å². The van der Waals surface area contributed by atoms with Gasteiger partial charge in [0.2, 0.25) is 5.91 Å². The quantitative estimate of drug-likeness (QED) is 0.809. The summed E-state index contributed by atoms with van der Waals surface area (Å²) in [5.74, 6) is -0.0301. The van der Waals surface area contributed by atoms with E-state index in [1.54, 1.807) is 41.3 Å². The van der Waals surface area contributed by atoms with E-state index in [2.05, 4.69) is 0 Å². The molecule has 5 nitrogen and oxygen atoms in total. The molecule has 7 heteroatoms. The zero-order chi connectivity index (χ0) is 17.8. The molecule has 2 aliphatic rings. The largest absolute Gasteiger partial charge is 0.312 e. The fourth-order valence-electron chi connectivity index (χ4n) is 3.60. The van der Waals surface area contributed by atoms with E-state index in [9.17, 15) is 13.2 Å². The van der Waals surface area contributed by atoms with Crippen molar-refractivity contribution in [3.05, 3.63) is 52.5 Å². The number of amides is 1. The average molecular weight is 377 g/mol. The molecule has 25 heavy (non-hydrogen) atoms. The minimum absolute atomic E-state index is 0.0301. The number of carbonyl (C=O) groups excluding carboxylic acids is 1. The first-order chi connectivity index (χ1) is 11.9. The molecule has 0 bridgehead atoms. The van der Waals surface area contributed by atoms with Crippen molar-refractivity contribution >= 4 is 38.9 Å². The fourth-order valence-corrected chi connectivity index (χ4v) is 5.42. The number of hydrogen-bond donors (Lipinski definition) is 0. The Hall–Kier alpha value is -2.05. The molecule has 2 aromatic carbocycles. The Morgan fingerprint density at radius 3 is 2.64 bits per heavy atom. The van der Waals surface area contributed by atoms with Gasteiger partial charge in [0.25, 0.3) is 10.0 Å². The van der Waals surface area contributed by atoms with Crippen LogP contribution in [0.25, 0.3) is 0 Å². The molecule has 0 saturated carbocycles. The SMILES string of the molecule is CC(=O)N1CCc2cc(S(=O)(=O)N3CCc4c(Cl)cccc43)ccc21. The van der Waals surface area contributed by atoms with Gasteiger partial charge in [0.15, 0.2) is 0 Å². The minimum Gasteiger partial charge on any atom is -0.312 e. The molecule has 0 aromatic heterocycles. The van der Waals surface area contributed by atoms with E-state index in [1.165, 1.54) is 11.2 Å². The maximum absolute atomic E-state index is 13.1. The van der Waals surface area contributed by atoms with Crippen molar-refractivity contribution in [3.8, 4) is 0 Å². The average Bonchev–Trinajstić information content (AvgIpc) is 3.19. The maximum Gasteiger partial charge on any atom is 0.264 e. The monoisotopic (exact) mass is 376 g/mol. The zero-order valence-electron chi connectivity index (χ0n) is 13.7. The Morgan fingerprint density at radius 2 is 1.88 bits per heavy atom. The van der Waals surface area contributed by atoms with Crippen molar-refractivity contribution in [2.24, 2.45) is 0 Å². The summed E-state index contributed by atoms with van der Waals surface area (Å²) in [6.45, 7) is 2.50. The highest BCUT2D eigenvalue weighted by molar-refractivity contribution is 7.92. The summed E-state index contributed by atoms with van der Waals surface area (Å²) >= 11 is 6.19. The summed E-state index contributed by atoms with van der Waals surface area (Å²) in [4.78, 5) is 13.6. The molecule has 0 aliphatic carbocycles. The number of benzene rings is 2. The van der Waals surface area contributed by atoms with Crippen LogP contribution in [0.15, 0.2) is 41.3 Å². The number of sulfonamides is 1. The van der Waals surface area contributed by atoms with Crippen molar-refractivity contribution in [1.82, 2.24) is 0 Å². The third kappa shape index (κ3) is 2.51. The number of nitrogens with zero attached hydrogens (tertiary/aromatic N) is 2. The number of halogens is 1. The number of fused-ring (bicyclic) bond motifs is 2. The van der Waals surface area contributed by atoms with Gasteiger partial charge in [0.1, 0.15) is 0 Å². The van der Waals surface area contributed by atoms with Gasteiger partial charge in [-0.25, -0.2) is 8.42 Å². The predicted octanol–water partition coefficient (Wildman–Crippen LogP) is 3.00. The van der Waals surface area contributed by atoms with Crippen LogP contribution in [0.1, 0.15) is 18.1 Å². The fraction of sp³-hybridized carbons (Fsp3) is 0.278. The molecule has 0 saturated heterocycles. The maximum atomic E-state index is 13.1. The van der Waals surface area contributed by atoms with Gasteiger partial charge in [-0.05, 0) is 54.3 Å². The Balaban J connectivity index is 1.74. The molecule has 130 valence electrons. The first-order valence-electron chi connectivity index (χ1n) is 8.11. The van der Waals surface area contributed by atoms with E-state index in [0.717, 1.165) is 16.8 Å². The van der Waals surface area contributed by atoms with E-state index in [4.69, 9.17) is 11.6 Å². The lowest BCUT2D eigenvalue weighted by atomic mass is 10.2. The van der Waals surface area contributed by atoms with Crippen molar-refractivity contribution in [2.45, 2.75) is 24.7 Å². The zero-order valence-corrected chi connectivity index (χ0v) is 15.3. The highest BCUT2D eigenvalue weighted by atomic mass is 35.5. The van der Waals surface area contributed by atoms with Crippen molar-refractivity contribution in [3.63, 3.8) is 0 Å². The van der Waals surface area contributed by atoms with E-state index in [1.807, 2.05) is 0 Å². The highest BCUT2D eigenvalue weighted by Crippen LogP contribution is 2.38. The molecule has 0 unspecified atom stereocenters. The normalized spacial score (nSPS) is 16.1. The van der Waals surface area contributed by atoms with Crippen LogP contribution in [-0.4, -0.2) is 27.4 Å². The number of carbonyl (C=O) groups is 1. The lowest BCUT2D eigenvalue weighted by molar-refractivity contribution is -0.116. The van der Waals surface area contributed by atoms with Gasteiger partial charge in [-0.3, -0.25) is 9.10 Å². The van der Waals surface area contributed by atoms with Crippen molar-refractivity contribution in [1.29, 1.82) is 0 Å². The van der Waals surface area contributed by atoms with Crippen LogP contribution in [-0.2, 0) is 27.7 Å². The summed E-state index contributed by atoms with van der Waals surface area (Å²) in [7, 11) is -3.66. The van der Waals surface area contributed by atoms with Crippen LogP contribution in [0.4, 0.5) is 11.4 Å². The van der Waals surface area contributed by atoms with Gasteiger partial charge in [-0.15, -0.1) is 0 Å². The first kappa shape index (κ1) is 16.4. The Labute approximate surface area is 151 Å². The Morgan fingerprint density at radius 1 is 1.08 bits per heavy atom. The van der Waals surface area contributed by atoms with Crippen LogP contribution in [0.3, 0.4) is 0 Å². The van der Waals surface area contributed by atoms with Gasteiger partial charge in [0.05, 0.1) is 10.6 Å².